The lowest BCUT2D eigenvalue weighted by atomic mass is 9.77. The molecular formula is C25H16BrCl2N3. The van der Waals surface area contributed by atoms with Crippen molar-refractivity contribution in [2.75, 3.05) is 0 Å². The fraction of sp³-hybridized carbons (Fsp3) is 0.0400. The number of aromatic nitrogens is 3. The Kier molecular flexibility index (Phi) is 5.30. The van der Waals surface area contributed by atoms with Crippen LogP contribution in [0.3, 0.4) is 0 Å². The van der Waals surface area contributed by atoms with Gasteiger partial charge in [0.2, 0.25) is 0 Å². The minimum absolute atomic E-state index is 0.309. The molecule has 0 atom stereocenters. The maximum atomic E-state index is 6.49. The minimum atomic E-state index is -0.762. The van der Waals surface area contributed by atoms with E-state index in [0.29, 0.717) is 14.9 Å². The number of hydrogen-bond acceptors (Lipinski definition) is 2. The highest BCUT2D eigenvalue weighted by molar-refractivity contribution is 9.10. The monoisotopic (exact) mass is 507 g/mol. The largest absolute Gasteiger partial charge is 0.244 e. The first-order chi connectivity index (χ1) is 15.1. The highest BCUT2D eigenvalue weighted by Crippen LogP contribution is 2.44. The maximum Gasteiger partial charge on any atom is 0.142 e. The molecule has 0 aliphatic rings. The van der Waals surface area contributed by atoms with Crippen molar-refractivity contribution < 1.29 is 0 Å². The number of rotatable bonds is 4. The van der Waals surface area contributed by atoms with E-state index in [1.54, 1.807) is 0 Å². The standard InChI is InChI=1S/C25H16BrCl2N3/c26-23-22-20(16-21(27)29-24(22)28)31(30-23)25(17-10-4-1-5-11-17,18-12-6-2-7-13-18)19-14-8-3-9-15-19/h1-16H. The van der Waals surface area contributed by atoms with Crippen LogP contribution < -0.4 is 0 Å². The fourth-order valence-corrected chi connectivity index (χ4v) is 5.35. The molecule has 0 N–H and O–H groups in total. The summed E-state index contributed by atoms with van der Waals surface area (Å²) in [6.07, 6.45) is 0. The van der Waals surface area contributed by atoms with E-state index in [1.807, 2.05) is 65.3 Å². The molecule has 3 aromatic carbocycles. The molecule has 0 radical (unpaired) electrons. The van der Waals surface area contributed by atoms with Crippen LogP contribution in [-0.4, -0.2) is 14.8 Å². The quantitative estimate of drug-likeness (QED) is 0.188. The van der Waals surface area contributed by atoms with Crippen molar-refractivity contribution in [3.8, 4) is 0 Å². The van der Waals surface area contributed by atoms with Gasteiger partial charge < -0.3 is 0 Å². The Balaban J connectivity index is 2.01. The van der Waals surface area contributed by atoms with Crippen molar-refractivity contribution in [2.24, 2.45) is 0 Å². The van der Waals surface area contributed by atoms with E-state index in [0.717, 1.165) is 27.6 Å². The summed E-state index contributed by atoms with van der Waals surface area (Å²) >= 11 is 16.4. The summed E-state index contributed by atoms with van der Waals surface area (Å²) in [6, 6.07) is 32.8. The predicted molar refractivity (Wildman–Crippen MR) is 130 cm³/mol. The summed E-state index contributed by atoms with van der Waals surface area (Å²) in [5.41, 5.74) is 3.21. The molecule has 0 saturated carbocycles. The zero-order valence-electron chi connectivity index (χ0n) is 16.2. The molecule has 0 amide bonds. The SMILES string of the molecule is Clc1cc2c(c(Cl)n1)c(Br)nn2C(c1ccccc1)(c1ccccc1)c1ccccc1. The second kappa shape index (κ2) is 8.12. The Labute approximate surface area is 198 Å². The van der Waals surface area contributed by atoms with Gasteiger partial charge in [0.15, 0.2) is 0 Å². The van der Waals surface area contributed by atoms with E-state index in [9.17, 15) is 0 Å². The second-order valence-electron chi connectivity index (χ2n) is 7.14. The van der Waals surface area contributed by atoms with Crippen molar-refractivity contribution in [1.29, 1.82) is 0 Å². The van der Waals surface area contributed by atoms with E-state index in [-0.39, 0.29) is 0 Å². The Morgan fingerprint density at radius 2 is 1.16 bits per heavy atom. The molecular weight excluding hydrogens is 493 g/mol. The van der Waals surface area contributed by atoms with Crippen LogP contribution in [0.25, 0.3) is 10.9 Å². The lowest BCUT2D eigenvalue weighted by molar-refractivity contribution is 0.473. The molecule has 0 saturated heterocycles. The van der Waals surface area contributed by atoms with E-state index in [1.165, 1.54) is 0 Å². The van der Waals surface area contributed by atoms with Gasteiger partial charge in [0.25, 0.3) is 0 Å². The minimum Gasteiger partial charge on any atom is -0.244 e. The van der Waals surface area contributed by atoms with Crippen molar-refractivity contribution in [2.45, 2.75) is 5.54 Å². The average Bonchev–Trinajstić information content (AvgIpc) is 3.13. The summed E-state index contributed by atoms with van der Waals surface area (Å²) in [5, 5.41) is 6.29. The van der Waals surface area contributed by atoms with Crippen LogP contribution in [0.2, 0.25) is 10.3 Å². The Hall–Kier alpha value is -2.66. The van der Waals surface area contributed by atoms with Gasteiger partial charge in [-0.25, -0.2) is 9.67 Å². The van der Waals surface area contributed by atoms with Gasteiger partial charge in [-0.3, -0.25) is 0 Å². The molecule has 0 bridgehead atoms. The first kappa shape index (κ1) is 20.3. The molecule has 3 nitrogen and oxygen atoms in total. The summed E-state index contributed by atoms with van der Waals surface area (Å²) in [6.45, 7) is 0. The van der Waals surface area contributed by atoms with Gasteiger partial charge >= 0.3 is 0 Å². The molecule has 5 aromatic rings. The molecule has 6 heteroatoms. The third kappa shape index (κ3) is 3.26. The number of fused-ring (bicyclic) bond motifs is 1. The number of nitrogens with zero attached hydrogens (tertiary/aromatic N) is 3. The van der Waals surface area contributed by atoms with Crippen molar-refractivity contribution in [3.05, 3.63) is 129 Å². The summed E-state index contributed by atoms with van der Waals surface area (Å²) in [7, 11) is 0. The second-order valence-corrected chi connectivity index (χ2v) is 8.64. The number of pyridine rings is 1. The van der Waals surface area contributed by atoms with Gasteiger partial charge in [0, 0.05) is 6.07 Å². The molecule has 0 unspecified atom stereocenters. The van der Waals surface area contributed by atoms with Crippen LogP contribution in [0.1, 0.15) is 16.7 Å². The van der Waals surface area contributed by atoms with Crippen LogP contribution in [-0.2, 0) is 5.54 Å². The van der Waals surface area contributed by atoms with Crippen LogP contribution in [0.5, 0.6) is 0 Å². The van der Waals surface area contributed by atoms with E-state index in [4.69, 9.17) is 28.3 Å². The molecule has 5 rings (SSSR count). The molecule has 31 heavy (non-hydrogen) atoms. The van der Waals surface area contributed by atoms with E-state index < -0.39 is 5.54 Å². The van der Waals surface area contributed by atoms with Crippen LogP contribution in [0.15, 0.2) is 102 Å². The van der Waals surface area contributed by atoms with Gasteiger partial charge in [-0.15, -0.1) is 0 Å². The lowest BCUT2D eigenvalue weighted by Crippen LogP contribution is -2.38. The summed E-state index contributed by atoms with van der Waals surface area (Å²) in [5.74, 6) is 0. The third-order valence-electron chi connectivity index (χ3n) is 5.44. The normalized spacial score (nSPS) is 11.7. The number of hydrogen-bond donors (Lipinski definition) is 0. The first-order valence-corrected chi connectivity index (χ1v) is 11.2. The number of benzene rings is 3. The van der Waals surface area contributed by atoms with Gasteiger partial charge in [0.05, 0.1) is 10.9 Å². The molecule has 0 aliphatic heterocycles. The molecule has 2 aromatic heterocycles. The summed E-state index contributed by atoms with van der Waals surface area (Å²) in [4.78, 5) is 4.22. The van der Waals surface area contributed by atoms with Gasteiger partial charge in [-0.2, -0.15) is 5.10 Å². The zero-order valence-corrected chi connectivity index (χ0v) is 19.3. The van der Waals surface area contributed by atoms with Gasteiger partial charge in [-0.1, -0.05) is 114 Å². The first-order valence-electron chi connectivity index (χ1n) is 9.69. The Bertz CT molecular complexity index is 1260. The molecule has 0 aliphatic carbocycles. The molecule has 152 valence electrons. The number of halogens is 3. The summed E-state index contributed by atoms with van der Waals surface area (Å²) < 4.78 is 2.61. The van der Waals surface area contributed by atoms with Crippen molar-refractivity contribution >= 4 is 50.0 Å². The highest BCUT2D eigenvalue weighted by atomic mass is 79.9. The predicted octanol–water partition coefficient (Wildman–Crippen LogP) is 7.34. The Morgan fingerprint density at radius 1 is 0.710 bits per heavy atom. The van der Waals surface area contributed by atoms with Crippen LogP contribution in [0.4, 0.5) is 0 Å². The smallest absolute Gasteiger partial charge is 0.142 e. The fourth-order valence-electron chi connectivity index (χ4n) is 4.18. The Morgan fingerprint density at radius 3 is 1.61 bits per heavy atom. The average molecular weight is 509 g/mol. The van der Waals surface area contributed by atoms with E-state index >= 15 is 0 Å². The van der Waals surface area contributed by atoms with Crippen molar-refractivity contribution in [1.82, 2.24) is 14.8 Å². The van der Waals surface area contributed by atoms with Gasteiger partial charge in [-0.05, 0) is 32.6 Å². The molecule has 0 spiro atoms. The maximum absolute atomic E-state index is 6.49. The van der Waals surface area contributed by atoms with Crippen LogP contribution in [0, 0.1) is 0 Å². The van der Waals surface area contributed by atoms with E-state index in [2.05, 4.69) is 57.3 Å². The topological polar surface area (TPSA) is 30.7 Å². The molecule has 2 heterocycles. The highest BCUT2D eigenvalue weighted by Gasteiger charge is 2.41. The zero-order chi connectivity index (χ0) is 21.4. The molecule has 0 fully saturated rings. The van der Waals surface area contributed by atoms with Crippen LogP contribution >= 0.6 is 39.1 Å². The van der Waals surface area contributed by atoms with Crippen molar-refractivity contribution in [3.63, 3.8) is 0 Å². The lowest BCUT2D eigenvalue weighted by Gasteiger charge is -2.37. The van der Waals surface area contributed by atoms with Gasteiger partial charge in [0.1, 0.15) is 20.4 Å². The third-order valence-corrected chi connectivity index (χ3v) is 6.46.